The number of hydrogen-bond acceptors (Lipinski definition) is 5. The Morgan fingerprint density at radius 2 is 1.89 bits per heavy atom. The first-order valence-electron chi connectivity index (χ1n) is 5.88. The molecule has 0 N–H and O–H groups in total. The highest BCUT2D eigenvalue weighted by atomic mass is 32.1. The van der Waals surface area contributed by atoms with E-state index in [0.717, 1.165) is 5.56 Å². The van der Waals surface area contributed by atoms with Gasteiger partial charge in [-0.1, -0.05) is 30.3 Å². The second kappa shape index (κ2) is 9.22. The topological polar surface area (TPSA) is 52.6 Å². The van der Waals surface area contributed by atoms with Crippen LogP contribution in [0.15, 0.2) is 36.4 Å². The summed E-state index contributed by atoms with van der Waals surface area (Å²) in [5.41, 5.74) is 0.894. The van der Waals surface area contributed by atoms with Crippen LogP contribution in [0.5, 0.6) is 0 Å². The van der Waals surface area contributed by atoms with Gasteiger partial charge in [-0.25, -0.2) is 4.79 Å². The van der Waals surface area contributed by atoms with Gasteiger partial charge in [0.15, 0.2) is 0 Å². The first kappa shape index (κ1) is 15.3. The molecular formula is C14H16O4S. The number of carbonyl (C=O) groups excluding carboxylic acids is 2. The van der Waals surface area contributed by atoms with E-state index in [2.05, 4.69) is 12.6 Å². The Balaban J connectivity index is 2.21. The van der Waals surface area contributed by atoms with Crippen LogP contribution in [0.25, 0.3) is 6.08 Å². The van der Waals surface area contributed by atoms with Crippen molar-refractivity contribution in [1.29, 1.82) is 0 Å². The molecule has 0 saturated heterocycles. The van der Waals surface area contributed by atoms with Crippen LogP contribution in [0.1, 0.15) is 18.4 Å². The number of hydrogen-bond donors (Lipinski definition) is 1. The van der Waals surface area contributed by atoms with Crippen LogP contribution in [-0.4, -0.2) is 24.5 Å². The Hall–Kier alpha value is -1.75. The molecule has 0 bridgehead atoms. The van der Waals surface area contributed by atoms with E-state index in [9.17, 15) is 9.59 Å². The summed E-state index contributed by atoms with van der Waals surface area (Å²) in [5.74, 6) is -0.325. The third-order valence-corrected chi connectivity index (χ3v) is 2.49. The van der Waals surface area contributed by atoms with Crippen LogP contribution in [0.4, 0.5) is 0 Å². The van der Waals surface area contributed by atoms with Gasteiger partial charge >= 0.3 is 11.9 Å². The van der Waals surface area contributed by atoms with Gasteiger partial charge in [-0.2, -0.15) is 12.6 Å². The molecule has 0 aliphatic rings. The highest BCUT2D eigenvalue weighted by Crippen LogP contribution is 2.01. The summed E-state index contributed by atoms with van der Waals surface area (Å²) in [4.78, 5) is 22.4. The Morgan fingerprint density at radius 3 is 2.58 bits per heavy atom. The zero-order chi connectivity index (χ0) is 13.9. The molecule has 0 aliphatic carbocycles. The first-order chi connectivity index (χ1) is 9.22. The zero-order valence-corrected chi connectivity index (χ0v) is 11.3. The van der Waals surface area contributed by atoms with Crippen LogP contribution in [-0.2, 0) is 19.1 Å². The van der Waals surface area contributed by atoms with E-state index in [1.165, 1.54) is 6.08 Å². The Bertz CT molecular complexity index is 428. The smallest absolute Gasteiger partial charge is 0.333 e. The molecule has 0 radical (unpaired) electrons. The predicted octanol–water partition coefficient (Wildman–Crippen LogP) is 2.45. The molecule has 0 amide bonds. The molecule has 1 aromatic carbocycles. The zero-order valence-electron chi connectivity index (χ0n) is 10.5. The summed E-state index contributed by atoms with van der Waals surface area (Å²) in [6.45, 7) is -0.358. The first-order valence-corrected chi connectivity index (χ1v) is 6.52. The fourth-order valence-corrected chi connectivity index (χ4v) is 1.38. The number of ether oxygens (including phenoxy) is 2. The lowest BCUT2D eigenvalue weighted by Crippen LogP contribution is -2.11. The maximum atomic E-state index is 11.3. The van der Waals surface area contributed by atoms with Gasteiger partial charge in [-0.3, -0.25) is 4.79 Å². The van der Waals surface area contributed by atoms with Crippen molar-refractivity contribution >= 4 is 30.6 Å². The van der Waals surface area contributed by atoms with Crippen molar-refractivity contribution in [2.45, 2.75) is 12.8 Å². The molecule has 5 heteroatoms. The van der Waals surface area contributed by atoms with E-state index in [1.54, 1.807) is 6.08 Å². The van der Waals surface area contributed by atoms with Crippen molar-refractivity contribution in [1.82, 2.24) is 0 Å². The average Bonchev–Trinajstić information content (AvgIpc) is 2.44. The fraction of sp³-hybridized carbons (Fsp3) is 0.286. The van der Waals surface area contributed by atoms with E-state index >= 15 is 0 Å². The largest absolute Gasteiger partial charge is 0.428 e. The average molecular weight is 280 g/mol. The molecule has 4 nitrogen and oxygen atoms in total. The molecule has 1 aromatic rings. The van der Waals surface area contributed by atoms with E-state index in [0.29, 0.717) is 12.2 Å². The molecule has 0 atom stereocenters. The molecule has 19 heavy (non-hydrogen) atoms. The number of thiol groups is 1. The highest BCUT2D eigenvalue weighted by Gasteiger charge is 2.03. The van der Waals surface area contributed by atoms with E-state index in [4.69, 9.17) is 9.47 Å². The molecular weight excluding hydrogens is 264 g/mol. The van der Waals surface area contributed by atoms with Gasteiger partial charge in [0.25, 0.3) is 0 Å². The Kier molecular flexibility index (Phi) is 7.43. The monoisotopic (exact) mass is 280 g/mol. The third kappa shape index (κ3) is 7.31. The van der Waals surface area contributed by atoms with Gasteiger partial charge < -0.3 is 9.47 Å². The fourth-order valence-electron chi connectivity index (χ4n) is 1.23. The highest BCUT2D eigenvalue weighted by molar-refractivity contribution is 7.80. The van der Waals surface area contributed by atoms with Crippen molar-refractivity contribution in [2.24, 2.45) is 0 Å². The molecule has 0 saturated carbocycles. The summed E-state index contributed by atoms with van der Waals surface area (Å²) in [6.07, 6.45) is 3.84. The standard InChI is InChI=1S/C14H16O4S/c15-13(7-4-10-19)17-11-18-14(16)9-8-12-5-2-1-3-6-12/h1-3,5-6,8-9,19H,4,7,10-11H2. The van der Waals surface area contributed by atoms with Gasteiger partial charge in [-0.05, 0) is 23.8 Å². The molecule has 0 fully saturated rings. The van der Waals surface area contributed by atoms with Gasteiger partial charge in [-0.15, -0.1) is 0 Å². The van der Waals surface area contributed by atoms with E-state index < -0.39 is 11.9 Å². The van der Waals surface area contributed by atoms with Crippen molar-refractivity contribution in [2.75, 3.05) is 12.5 Å². The van der Waals surface area contributed by atoms with Gasteiger partial charge in [0.1, 0.15) is 0 Å². The predicted molar refractivity (Wildman–Crippen MR) is 75.6 cm³/mol. The SMILES string of the molecule is O=C(C=Cc1ccccc1)OCOC(=O)CCCS. The molecule has 102 valence electrons. The number of esters is 2. The summed E-state index contributed by atoms with van der Waals surface area (Å²) in [7, 11) is 0. The van der Waals surface area contributed by atoms with Gasteiger partial charge in [0, 0.05) is 12.5 Å². The lowest BCUT2D eigenvalue weighted by Gasteiger charge is -2.03. The minimum absolute atomic E-state index is 0.279. The molecule has 0 spiro atoms. The van der Waals surface area contributed by atoms with Gasteiger partial charge in [0.2, 0.25) is 6.79 Å². The maximum absolute atomic E-state index is 11.3. The second-order valence-electron chi connectivity index (χ2n) is 3.67. The van der Waals surface area contributed by atoms with Crippen molar-refractivity contribution < 1.29 is 19.1 Å². The summed E-state index contributed by atoms with van der Waals surface area (Å²) < 4.78 is 9.44. The quantitative estimate of drug-likeness (QED) is 0.361. The second-order valence-corrected chi connectivity index (χ2v) is 4.12. The Morgan fingerprint density at radius 1 is 1.16 bits per heavy atom. The minimum atomic E-state index is -0.550. The maximum Gasteiger partial charge on any atom is 0.333 e. The molecule has 0 heterocycles. The van der Waals surface area contributed by atoms with Crippen LogP contribution in [0.2, 0.25) is 0 Å². The Labute approximate surface area is 117 Å². The van der Waals surface area contributed by atoms with E-state index in [-0.39, 0.29) is 13.2 Å². The van der Waals surface area contributed by atoms with E-state index in [1.807, 2.05) is 30.3 Å². The molecule has 0 aromatic heterocycles. The van der Waals surface area contributed by atoms with Crippen LogP contribution >= 0.6 is 12.6 Å². The summed E-state index contributed by atoms with van der Waals surface area (Å²) in [6, 6.07) is 9.35. The van der Waals surface area contributed by atoms with Crippen LogP contribution < -0.4 is 0 Å². The molecule has 0 aliphatic heterocycles. The normalized spacial score (nSPS) is 10.4. The molecule has 0 unspecified atom stereocenters. The number of rotatable bonds is 7. The van der Waals surface area contributed by atoms with Crippen LogP contribution in [0.3, 0.4) is 0 Å². The summed E-state index contributed by atoms with van der Waals surface area (Å²) in [5, 5.41) is 0. The lowest BCUT2D eigenvalue weighted by atomic mass is 10.2. The third-order valence-electron chi connectivity index (χ3n) is 2.17. The van der Waals surface area contributed by atoms with Crippen molar-refractivity contribution in [3.05, 3.63) is 42.0 Å². The number of carbonyl (C=O) groups is 2. The molecule has 1 rings (SSSR count). The van der Waals surface area contributed by atoms with Gasteiger partial charge in [0.05, 0.1) is 0 Å². The summed E-state index contributed by atoms with van der Waals surface area (Å²) >= 11 is 3.98. The van der Waals surface area contributed by atoms with Crippen molar-refractivity contribution in [3.8, 4) is 0 Å². The number of benzene rings is 1. The minimum Gasteiger partial charge on any atom is -0.428 e. The van der Waals surface area contributed by atoms with Crippen LogP contribution in [0, 0.1) is 0 Å². The van der Waals surface area contributed by atoms with Crippen molar-refractivity contribution in [3.63, 3.8) is 0 Å². The lowest BCUT2D eigenvalue weighted by molar-refractivity contribution is -0.163.